The lowest BCUT2D eigenvalue weighted by atomic mass is 9.69. The zero-order valence-corrected chi connectivity index (χ0v) is 17.1. The minimum Gasteiger partial charge on any atom is -0.428 e. The van der Waals surface area contributed by atoms with Crippen LogP contribution in [0.2, 0.25) is 0 Å². The summed E-state index contributed by atoms with van der Waals surface area (Å²) in [6, 6.07) is 0. The summed E-state index contributed by atoms with van der Waals surface area (Å²) in [5.41, 5.74) is -2.21. The number of ether oxygens (including phenoxy) is 1. The van der Waals surface area contributed by atoms with E-state index in [2.05, 4.69) is 4.74 Å². The Kier molecular flexibility index (Phi) is 5.57. The molecule has 8 nitrogen and oxygen atoms in total. The average molecular weight is 442 g/mol. The Hall–Kier alpha value is -0.880. The molecule has 0 saturated heterocycles. The Labute approximate surface area is 168 Å². The smallest absolute Gasteiger partial charge is 0.428 e. The highest BCUT2D eigenvalue weighted by Crippen LogP contribution is 2.59. The van der Waals surface area contributed by atoms with Gasteiger partial charge in [-0.3, -0.25) is 9.35 Å². The van der Waals surface area contributed by atoms with Gasteiger partial charge in [-0.25, -0.2) is 0 Å². The summed E-state index contributed by atoms with van der Waals surface area (Å²) in [6.07, 6.45) is -0.375. The summed E-state index contributed by atoms with van der Waals surface area (Å²) >= 11 is 0. The van der Waals surface area contributed by atoms with Crippen LogP contribution in [0.1, 0.15) is 52.4 Å². The molecule has 2 bridgehead atoms. The first-order chi connectivity index (χ1) is 13.1. The molecular formula is C18H28F2O8S. The van der Waals surface area contributed by atoms with Gasteiger partial charge in [0, 0.05) is 0 Å². The molecule has 0 heterocycles. The van der Waals surface area contributed by atoms with Crippen LogP contribution in [0, 0.1) is 29.6 Å². The third-order valence-electron chi connectivity index (χ3n) is 7.19. The van der Waals surface area contributed by atoms with Gasteiger partial charge in [-0.05, 0) is 69.6 Å². The molecule has 0 aromatic carbocycles. The third kappa shape index (κ3) is 3.91. The van der Waals surface area contributed by atoms with Gasteiger partial charge in [-0.1, -0.05) is 6.42 Å². The molecule has 0 aromatic heterocycles. The number of rotatable bonds is 5. The normalized spacial score (nSPS) is 39.0. The Balaban J connectivity index is 1.85. The van der Waals surface area contributed by atoms with Gasteiger partial charge in [0.25, 0.3) is 6.29 Å². The lowest BCUT2D eigenvalue weighted by Crippen LogP contribution is -2.47. The number of carbonyl (C=O) groups is 1. The zero-order chi connectivity index (χ0) is 22.0. The molecule has 0 spiro atoms. The average Bonchev–Trinajstić information content (AvgIpc) is 3.10. The van der Waals surface area contributed by atoms with Gasteiger partial charge < -0.3 is 20.1 Å². The fourth-order valence-corrected chi connectivity index (χ4v) is 6.17. The lowest BCUT2D eigenvalue weighted by molar-refractivity contribution is -0.211. The maximum absolute atomic E-state index is 13.6. The second-order valence-electron chi connectivity index (χ2n) is 9.39. The van der Waals surface area contributed by atoms with E-state index < -0.39 is 44.8 Å². The van der Waals surface area contributed by atoms with Crippen LogP contribution < -0.4 is 0 Å². The fourth-order valence-electron chi connectivity index (χ4n) is 5.87. The summed E-state index contributed by atoms with van der Waals surface area (Å²) in [7, 11) is -5.98. The first-order valence-electron chi connectivity index (χ1n) is 9.76. The first-order valence-corrected chi connectivity index (χ1v) is 11.2. The van der Waals surface area contributed by atoms with Crippen LogP contribution in [-0.4, -0.2) is 57.0 Å². The van der Waals surface area contributed by atoms with Crippen molar-refractivity contribution >= 4 is 16.1 Å². The van der Waals surface area contributed by atoms with Gasteiger partial charge in [0.15, 0.2) is 0 Å². The van der Waals surface area contributed by atoms with E-state index in [1.807, 2.05) is 0 Å². The van der Waals surface area contributed by atoms with Gasteiger partial charge in [0.05, 0.1) is 17.1 Å². The molecule has 3 rings (SSSR count). The van der Waals surface area contributed by atoms with Crippen molar-refractivity contribution < 1.29 is 46.6 Å². The number of alkyl halides is 2. The fraction of sp³-hybridized carbons (Fsp3) is 0.944. The van der Waals surface area contributed by atoms with Crippen molar-refractivity contribution in [1.82, 2.24) is 0 Å². The van der Waals surface area contributed by atoms with Gasteiger partial charge >= 0.3 is 21.3 Å². The second kappa shape index (κ2) is 7.08. The number of carbonyl (C=O) groups excluding carboxylic acids is 1. The molecule has 0 radical (unpaired) electrons. The highest BCUT2D eigenvalue weighted by atomic mass is 32.2. The molecule has 3 fully saturated rings. The van der Waals surface area contributed by atoms with Crippen molar-refractivity contribution in [3.63, 3.8) is 0 Å². The largest absolute Gasteiger partial charge is 0.430 e. The van der Waals surface area contributed by atoms with Crippen molar-refractivity contribution in [3.05, 3.63) is 0 Å². The number of aliphatic hydroxyl groups is 3. The molecule has 7 atom stereocenters. The molecule has 3 aliphatic carbocycles. The van der Waals surface area contributed by atoms with Crippen molar-refractivity contribution in [1.29, 1.82) is 0 Å². The van der Waals surface area contributed by atoms with Crippen LogP contribution >= 0.6 is 0 Å². The van der Waals surface area contributed by atoms with E-state index in [0.29, 0.717) is 25.7 Å². The van der Waals surface area contributed by atoms with Crippen LogP contribution in [0.4, 0.5) is 8.78 Å². The lowest BCUT2D eigenvalue weighted by Gasteiger charge is -2.41. The molecule has 3 saturated carbocycles. The highest BCUT2D eigenvalue weighted by molar-refractivity contribution is 7.86. The van der Waals surface area contributed by atoms with Crippen LogP contribution in [0.3, 0.4) is 0 Å². The van der Waals surface area contributed by atoms with E-state index in [0.717, 1.165) is 6.42 Å². The van der Waals surface area contributed by atoms with E-state index in [-0.39, 0.29) is 30.1 Å². The van der Waals surface area contributed by atoms with Crippen molar-refractivity contribution in [2.45, 2.75) is 75.1 Å². The zero-order valence-electron chi connectivity index (χ0n) is 16.3. The van der Waals surface area contributed by atoms with Gasteiger partial charge in [0.1, 0.15) is 0 Å². The standard InChI is InChI=1S/C18H28F2O8S/c1-16(2,23)13-8-17(24)5-3-4-12(17)10-6-9(13)7-11(10)14(21)28-15(22)18(19,20)29(25,26)27/h9-13,15,22-24H,3-8H2,1-2H3,(H,25,26,27). The van der Waals surface area contributed by atoms with Crippen LogP contribution in [-0.2, 0) is 19.6 Å². The minimum absolute atomic E-state index is 0.161. The third-order valence-corrected chi connectivity index (χ3v) is 8.08. The predicted molar refractivity (Wildman–Crippen MR) is 95.0 cm³/mol. The molecule has 3 aliphatic rings. The Morgan fingerprint density at radius 3 is 2.45 bits per heavy atom. The molecule has 4 N–H and O–H groups in total. The van der Waals surface area contributed by atoms with E-state index >= 15 is 0 Å². The monoisotopic (exact) mass is 442 g/mol. The number of esters is 1. The van der Waals surface area contributed by atoms with Gasteiger partial charge in [0.2, 0.25) is 0 Å². The summed E-state index contributed by atoms with van der Waals surface area (Å²) < 4.78 is 61.6. The summed E-state index contributed by atoms with van der Waals surface area (Å²) in [4.78, 5) is 12.6. The van der Waals surface area contributed by atoms with E-state index in [4.69, 9.17) is 4.55 Å². The van der Waals surface area contributed by atoms with Gasteiger partial charge in [-0.15, -0.1) is 0 Å². The quantitative estimate of drug-likeness (QED) is 0.284. The highest BCUT2D eigenvalue weighted by Gasteiger charge is 2.60. The Morgan fingerprint density at radius 2 is 1.90 bits per heavy atom. The number of hydrogen-bond donors (Lipinski definition) is 4. The van der Waals surface area contributed by atoms with E-state index in [1.165, 1.54) is 0 Å². The topological polar surface area (TPSA) is 141 Å². The molecular weight excluding hydrogens is 414 g/mol. The van der Waals surface area contributed by atoms with Crippen molar-refractivity contribution in [2.75, 3.05) is 0 Å². The van der Waals surface area contributed by atoms with Crippen LogP contribution in [0.25, 0.3) is 0 Å². The van der Waals surface area contributed by atoms with E-state index in [1.54, 1.807) is 13.8 Å². The number of aliphatic hydroxyl groups excluding tert-OH is 1. The predicted octanol–water partition coefficient (Wildman–Crippen LogP) is 1.29. The van der Waals surface area contributed by atoms with Crippen molar-refractivity contribution in [3.8, 4) is 0 Å². The molecule has 0 aliphatic heterocycles. The van der Waals surface area contributed by atoms with Crippen LogP contribution in [0.5, 0.6) is 0 Å². The first kappa shape index (κ1) is 22.8. The molecule has 29 heavy (non-hydrogen) atoms. The number of fused-ring (bicyclic) bond motifs is 4. The summed E-state index contributed by atoms with van der Waals surface area (Å²) in [6.45, 7) is 3.26. The molecule has 7 unspecified atom stereocenters. The van der Waals surface area contributed by atoms with Crippen molar-refractivity contribution in [2.24, 2.45) is 29.6 Å². The van der Waals surface area contributed by atoms with E-state index in [9.17, 15) is 37.3 Å². The number of hydrogen-bond acceptors (Lipinski definition) is 7. The number of halogens is 2. The molecule has 0 amide bonds. The Bertz CT molecular complexity index is 764. The van der Waals surface area contributed by atoms with Gasteiger partial charge in [-0.2, -0.15) is 17.2 Å². The molecule has 11 heteroatoms. The Morgan fingerprint density at radius 1 is 1.28 bits per heavy atom. The van der Waals surface area contributed by atoms with Crippen LogP contribution in [0.15, 0.2) is 0 Å². The maximum Gasteiger partial charge on any atom is 0.430 e. The summed E-state index contributed by atoms with van der Waals surface area (Å²) in [5, 5.41) is 26.2. The molecule has 168 valence electrons. The maximum atomic E-state index is 13.6. The summed E-state index contributed by atoms with van der Waals surface area (Å²) in [5.74, 6) is -3.27. The second-order valence-corrected chi connectivity index (χ2v) is 10.9. The minimum atomic E-state index is -5.98. The molecule has 0 aromatic rings. The SMILES string of the molecule is CC(C)(O)C1CC2(O)CCCC2C2CC1CC2C(=O)OC(O)C(F)(F)S(=O)(=O)O.